The van der Waals surface area contributed by atoms with Gasteiger partial charge in [-0.25, -0.2) is 4.79 Å². The van der Waals surface area contributed by atoms with Crippen molar-refractivity contribution in [1.82, 2.24) is 14.5 Å². The van der Waals surface area contributed by atoms with Gasteiger partial charge in [-0.1, -0.05) is 18.6 Å². The standard InChI is InChI=1S/C16H21N3O/c1-18-9-10-19(16(18)20)15-7-4-5-13(12-15)11-14-6-2-3-8-17-14/h4-5,7,9-10,12,14,17H,2-3,6,8,11H2,1H3. The molecule has 2 aromatic rings. The number of imidazole rings is 1. The molecule has 106 valence electrons. The van der Waals surface area contributed by atoms with E-state index in [2.05, 4.69) is 17.4 Å². The van der Waals surface area contributed by atoms with Crippen LogP contribution in [0, 0.1) is 0 Å². The predicted molar refractivity (Wildman–Crippen MR) is 80.4 cm³/mol. The smallest absolute Gasteiger partial charge is 0.314 e. The topological polar surface area (TPSA) is 39.0 Å². The van der Waals surface area contributed by atoms with Gasteiger partial charge in [0.05, 0.1) is 5.69 Å². The maximum absolute atomic E-state index is 12.0. The van der Waals surface area contributed by atoms with Crippen LogP contribution in [0.15, 0.2) is 41.5 Å². The number of nitrogens with zero attached hydrogens (tertiary/aromatic N) is 2. The van der Waals surface area contributed by atoms with Crippen molar-refractivity contribution in [3.8, 4) is 5.69 Å². The molecule has 1 aromatic carbocycles. The predicted octanol–water partition coefficient (Wildman–Crippen LogP) is 1.86. The maximum Gasteiger partial charge on any atom is 0.332 e. The van der Waals surface area contributed by atoms with Crippen molar-refractivity contribution in [3.63, 3.8) is 0 Å². The first-order chi connectivity index (χ1) is 9.74. The number of piperidine rings is 1. The molecule has 1 aromatic heterocycles. The number of benzene rings is 1. The highest BCUT2D eigenvalue weighted by atomic mass is 16.1. The molecule has 1 atom stereocenters. The number of hydrogen-bond acceptors (Lipinski definition) is 2. The maximum atomic E-state index is 12.0. The largest absolute Gasteiger partial charge is 0.332 e. The lowest BCUT2D eigenvalue weighted by atomic mass is 9.97. The second-order valence-corrected chi connectivity index (χ2v) is 5.58. The van der Waals surface area contributed by atoms with E-state index in [1.165, 1.54) is 24.8 Å². The molecule has 1 N–H and O–H groups in total. The Balaban J connectivity index is 1.82. The summed E-state index contributed by atoms with van der Waals surface area (Å²) in [6.45, 7) is 1.13. The summed E-state index contributed by atoms with van der Waals surface area (Å²) in [5.74, 6) is 0. The molecule has 1 fully saturated rings. The quantitative estimate of drug-likeness (QED) is 0.925. The Bertz CT molecular complexity index is 635. The van der Waals surface area contributed by atoms with Gasteiger partial charge in [-0.05, 0) is 43.5 Å². The fourth-order valence-electron chi connectivity index (χ4n) is 2.88. The highest BCUT2D eigenvalue weighted by Gasteiger charge is 2.13. The first-order valence-electron chi connectivity index (χ1n) is 7.31. The van der Waals surface area contributed by atoms with Gasteiger partial charge in [-0.3, -0.25) is 4.57 Å². The Labute approximate surface area is 119 Å². The Kier molecular flexibility index (Phi) is 3.74. The first kappa shape index (κ1) is 13.2. The van der Waals surface area contributed by atoms with Crippen molar-refractivity contribution in [2.45, 2.75) is 31.7 Å². The van der Waals surface area contributed by atoms with Crippen LogP contribution in [0.2, 0.25) is 0 Å². The Morgan fingerprint density at radius 3 is 2.90 bits per heavy atom. The van der Waals surface area contributed by atoms with Gasteiger partial charge in [-0.2, -0.15) is 0 Å². The first-order valence-corrected chi connectivity index (χ1v) is 7.31. The van der Waals surface area contributed by atoms with Crippen molar-refractivity contribution < 1.29 is 0 Å². The summed E-state index contributed by atoms with van der Waals surface area (Å²) in [6, 6.07) is 8.86. The van der Waals surface area contributed by atoms with Crippen molar-refractivity contribution in [3.05, 3.63) is 52.7 Å². The Hall–Kier alpha value is -1.81. The molecule has 0 aliphatic carbocycles. The lowest BCUT2D eigenvalue weighted by molar-refractivity contribution is 0.399. The molecule has 1 unspecified atom stereocenters. The van der Waals surface area contributed by atoms with Crippen LogP contribution in [-0.2, 0) is 13.5 Å². The molecule has 0 bridgehead atoms. The molecule has 0 radical (unpaired) electrons. The highest BCUT2D eigenvalue weighted by molar-refractivity contribution is 5.36. The van der Waals surface area contributed by atoms with E-state index in [1.807, 2.05) is 18.3 Å². The van der Waals surface area contributed by atoms with Crippen LogP contribution in [0.25, 0.3) is 5.69 Å². The van der Waals surface area contributed by atoms with Crippen molar-refractivity contribution in [2.75, 3.05) is 6.54 Å². The van der Waals surface area contributed by atoms with Crippen LogP contribution >= 0.6 is 0 Å². The lowest BCUT2D eigenvalue weighted by Crippen LogP contribution is -2.35. The molecular weight excluding hydrogens is 250 g/mol. The van der Waals surface area contributed by atoms with Crippen LogP contribution in [0.3, 0.4) is 0 Å². The summed E-state index contributed by atoms with van der Waals surface area (Å²) < 4.78 is 3.28. The zero-order valence-electron chi connectivity index (χ0n) is 11.9. The lowest BCUT2D eigenvalue weighted by Gasteiger charge is -2.23. The summed E-state index contributed by atoms with van der Waals surface area (Å²) in [6.07, 6.45) is 8.49. The monoisotopic (exact) mass is 271 g/mol. The Morgan fingerprint density at radius 1 is 1.30 bits per heavy atom. The third-order valence-electron chi connectivity index (χ3n) is 4.03. The second kappa shape index (κ2) is 5.67. The molecule has 0 amide bonds. The molecule has 0 saturated carbocycles. The minimum absolute atomic E-state index is 0.00191. The summed E-state index contributed by atoms with van der Waals surface area (Å²) in [5.41, 5.74) is 2.24. The fourth-order valence-corrected chi connectivity index (χ4v) is 2.88. The minimum Gasteiger partial charge on any atom is -0.314 e. The average Bonchev–Trinajstić information content (AvgIpc) is 2.80. The van der Waals surface area contributed by atoms with Gasteiger partial charge < -0.3 is 9.88 Å². The van der Waals surface area contributed by atoms with Gasteiger partial charge in [0, 0.05) is 25.5 Å². The summed E-state index contributed by atoms with van der Waals surface area (Å²) in [7, 11) is 1.77. The fraction of sp³-hybridized carbons (Fsp3) is 0.438. The van der Waals surface area contributed by atoms with Crippen LogP contribution in [0.4, 0.5) is 0 Å². The number of rotatable bonds is 3. The molecule has 1 saturated heterocycles. The summed E-state index contributed by atoms with van der Waals surface area (Å²) >= 11 is 0. The van der Waals surface area contributed by atoms with Crippen LogP contribution in [0.5, 0.6) is 0 Å². The van der Waals surface area contributed by atoms with E-state index in [4.69, 9.17) is 0 Å². The van der Waals surface area contributed by atoms with Gasteiger partial charge >= 0.3 is 5.69 Å². The van der Waals surface area contributed by atoms with Crippen molar-refractivity contribution >= 4 is 0 Å². The summed E-state index contributed by atoms with van der Waals surface area (Å²) in [4.78, 5) is 12.0. The van der Waals surface area contributed by atoms with E-state index < -0.39 is 0 Å². The third-order valence-corrected chi connectivity index (χ3v) is 4.03. The molecule has 1 aliphatic heterocycles. The van der Waals surface area contributed by atoms with E-state index in [0.29, 0.717) is 6.04 Å². The molecule has 4 heteroatoms. The SMILES string of the molecule is Cn1ccn(-c2cccc(CC3CCCCN3)c2)c1=O. The van der Waals surface area contributed by atoms with E-state index in [-0.39, 0.29) is 5.69 Å². The molecule has 4 nitrogen and oxygen atoms in total. The highest BCUT2D eigenvalue weighted by Crippen LogP contribution is 2.15. The van der Waals surface area contributed by atoms with Gasteiger partial charge in [0.15, 0.2) is 0 Å². The van der Waals surface area contributed by atoms with Crippen LogP contribution < -0.4 is 11.0 Å². The number of aromatic nitrogens is 2. The zero-order valence-corrected chi connectivity index (χ0v) is 11.9. The molecule has 3 rings (SSSR count). The number of aryl methyl sites for hydroxylation is 1. The molecule has 2 heterocycles. The van der Waals surface area contributed by atoms with E-state index in [1.54, 1.807) is 22.4 Å². The number of nitrogens with one attached hydrogen (secondary N) is 1. The van der Waals surface area contributed by atoms with E-state index in [0.717, 1.165) is 18.7 Å². The van der Waals surface area contributed by atoms with Crippen molar-refractivity contribution in [1.29, 1.82) is 0 Å². The van der Waals surface area contributed by atoms with Gasteiger partial charge in [-0.15, -0.1) is 0 Å². The number of hydrogen-bond donors (Lipinski definition) is 1. The van der Waals surface area contributed by atoms with E-state index in [9.17, 15) is 4.79 Å². The third kappa shape index (κ3) is 2.70. The van der Waals surface area contributed by atoms with Gasteiger partial charge in [0.25, 0.3) is 0 Å². The minimum atomic E-state index is -0.00191. The van der Waals surface area contributed by atoms with E-state index >= 15 is 0 Å². The molecule has 1 aliphatic rings. The molecule has 0 spiro atoms. The zero-order chi connectivity index (χ0) is 13.9. The molecule has 20 heavy (non-hydrogen) atoms. The summed E-state index contributed by atoms with van der Waals surface area (Å²) in [5, 5.41) is 3.57. The van der Waals surface area contributed by atoms with Crippen molar-refractivity contribution in [2.24, 2.45) is 7.05 Å². The Morgan fingerprint density at radius 2 is 2.20 bits per heavy atom. The van der Waals surface area contributed by atoms with Crippen LogP contribution in [0.1, 0.15) is 24.8 Å². The van der Waals surface area contributed by atoms with Gasteiger partial charge in [0.2, 0.25) is 0 Å². The average molecular weight is 271 g/mol. The van der Waals surface area contributed by atoms with Crippen LogP contribution in [-0.4, -0.2) is 21.7 Å². The molecular formula is C16H21N3O. The normalized spacial score (nSPS) is 19.1. The second-order valence-electron chi connectivity index (χ2n) is 5.58. The van der Waals surface area contributed by atoms with Gasteiger partial charge in [0.1, 0.15) is 0 Å².